The normalized spacial score (nSPS) is 11.7. The number of rotatable bonds is 4. The van der Waals surface area contributed by atoms with Gasteiger partial charge in [0.05, 0.1) is 44.9 Å². The standard InChI is InChI=1S/C54H42N4/c1-35(2)25-27-41-42(28-26-36(3)4)54-52(40-23-15-8-16-24-40)48-34-32-46(57-48)50(38-19-11-6-12-20-38)44-30-29-43(55-44)49(37-17-9-5-10-18-37)45-31-33-47(56-45)51(53(41)58-54)39-21-13-7-14-22-39/h5-24,29-36,55,58H,1-4H3. The molecule has 278 valence electrons. The molecule has 0 fully saturated rings. The highest BCUT2D eigenvalue weighted by Gasteiger charge is 2.23. The summed E-state index contributed by atoms with van der Waals surface area (Å²) in [7, 11) is 0. The fraction of sp³-hybridized carbons (Fsp3) is 0.111. The Kier molecular flexibility index (Phi) is 9.76. The summed E-state index contributed by atoms with van der Waals surface area (Å²) in [6.45, 7) is 8.49. The van der Waals surface area contributed by atoms with Gasteiger partial charge in [0.15, 0.2) is 0 Å². The van der Waals surface area contributed by atoms with E-state index in [-0.39, 0.29) is 11.8 Å². The van der Waals surface area contributed by atoms with Crippen LogP contribution in [-0.2, 0) is 0 Å². The predicted octanol–water partition coefficient (Wildman–Crippen LogP) is 13.3. The van der Waals surface area contributed by atoms with Crippen LogP contribution < -0.4 is 0 Å². The first-order valence-corrected chi connectivity index (χ1v) is 19.9. The predicted molar refractivity (Wildman–Crippen MR) is 244 cm³/mol. The van der Waals surface area contributed by atoms with E-state index in [4.69, 9.17) is 9.97 Å². The van der Waals surface area contributed by atoms with Gasteiger partial charge in [0.25, 0.3) is 0 Å². The summed E-state index contributed by atoms with van der Waals surface area (Å²) >= 11 is 0. The summed E-state index contributed by atoms with van der Waals surface area (Å²) in [5.41, 5.74) is 16.9. The monoisotopic (exact) mass is 746 g/mol. The molecule has 0 spiro atoms. The fourth-order valence-corrected chi connectivity index (χ4v) is 7.67. The Morgan fingerprint density at radius 1 is 0.379 bits per heavy atom. The van der Waals surface area contributed by atoms with Crippen LogP contribution in [0.15, 0.2) is 133 Å². The fourth-order valence-electron chi connectivity index (χ4n) is 7.67. The third-order valence-electron chi connectivity index (χ3n) is 10.3. The van der Waals surface area contributed by atoms with Crippen molar-refractivity contribution in [1.82, 2.24) is 19.9 Å². The average Bonchev–Trinajstić information content (AvgIpc) is 4.08. The van der Waals surface area contributed by atoms with E-state index in [1.165, 1.54) is 0 Å². The molecule has 0 atom stereocenters. The number of benzene rings is 4. The zero-order valence-electron chi connectivity index (χ0n) is 33.1. The lowest BCUT2D eigenvalue weighted by atomic mass is 9.98. The van der Waals surface area contributed by atoms with E-state index in [9.17, 15) is 0 Å². The van der Waals surface area contributed by atoms with E-state index >= 15 is 0 Å². The second-order valence-electron chi connectivity index (χ2n) is 15.2. The Morgan fingerprint density at radius 2 is 0.690 bits per heavy atom. The summed E-state index contributed by atoms with van der Waals surface area (Å²) in [4.78, 5) is 18.8. The van der Waals surface area contributed by atoms with Crippen LogP contribution in [0.1, 0.15) is 61.6 Å². The summed E-state index contributed by atoms with van der Waals surface area (Å²) in [6, 6.07) is 46.3. The minimum Gasteiger partial charge on any atom is -0.354 e. The summed E-state index contributed by atoms with van der Waals surface area (Å²) in [5, 5.41) is 0. The number of fused-ring (bicyclic) bond motifs is 8. The van der Waals surface area contributed by atoms with Crippen LogP contribution in [0.25, 0.3) is 90.9 Å². The minimum absolute atomic E-state index is 0.139. The van der Waals surface area contributed by atoms with Gasteiger partial charge in [-0.25, -0.2) is 9.97 Å². The number of nitrogens with zero attached hydrogens (tertiary/aromatic N) is 2. The van der Waals surface area contributed by atoms with E-state index in [1.807, 2.05) is 24.3 Å². The van der Waals surface area contributed by atoms with Crippen LogP contribution in [0.4, 0.5) is 0 Å². The molecular formula is C54H42N4. The van der Waals surface area contributed by atoms with Gasteiger partial charge in [0, 0.05) is 45.1 Å². The number of hydrogen-bond donors (Lipinski definition) is 2. The lowest BCUT2D eigenvalue weighted by Crippen LogP contribution is -1.90. The van der Waals surface area contributed by atoms with Gasteiger partial charge in [-0.15, -0.1) is 0 Å². The second-order valence-corrected chi connectivity index (χ2v) is 15.2. The third kappa shape index (κ3) is 6.98. The number of nitrogens with one attached hydrogen (secondary N) is 2. The first-order chi connectivity index (χ1) is 28.4. The number of H-pyrrole nitrogens is 2. The minimum atomic E-state index is 0.139. The van der Waals surface area contributed by atoms with Gasteiger partial charge in [-0.2, -0.15) is 0 Å². The Hall–Kier alpha value is -7.40. The number of hydrogen-bond acceptors (Lipinski definition) is 2. The molecule has 0 radical (unpaired) electrons. The zero-order chi connectivity index (χ0) is 39.6. The summed E-state index contributed by atoms with van der Waals surface area (Å²) in [6.07, 6.45) is 8.54. The topological polar surface area (TPSA) is 57.4 Å². The van der Waals surface area contributed by atoms with Gasteiger partial charge >= 0.3 is 0 Å². The number of aromatic nitrogens is 4. The SMILES string of the molecule is CC(C)C#Cc1c(C#CC(C)C)c2[nH]c1c(-c1ccccc1)c1nc(c(-c3ccccc3)c3ccc([nH]3)c(-c3ccccc3)c3nc(c2-c2ccccc2)C=C3)C=C1. The van der Waals surface area contributed by atoms with Crippen LogP contribution in [0.2, 0.25) is 0 Å². The van der Waals surface area contributed by atoms with Crippen molar-refractivity contribution in [2.45, 2.75) is 27.7 Å². The van der Waals surface area contributed by atoms with Crippen molar-refractivity contribution in [2.24, 2.45) is 11.8 Å². The maximum absolute atomic E-state index is 5.50. The Morgan fingerprint density at radius 3 is 1.02 bits per heavy atom. The molecule has 7 aromatic rings. The third-order valence-corrected chi connectivity index (χ3v) is 10.3. The lowest BCUT2D eigenvalue weighted by molar-refractivity contribution is 0.866. The smallest absolute Gasteiger partial charge is 0.0737 e. The quantitative estimate of drug-likeness (QED) is 0.176. The van der Waals surface area contributed by atoms with Crippen LogP contribution in [0.5, 0.6) is 0 Å². The van der Waals surface area contributed by atoms with E-state index in [2.05, 4.69) is 195 Å². The largest absolute Gasteiger partial charge is 0.354 e. The Bertz CT molecular complexity index is 2830. The van der Waals surface area contributed by atoms with Crippen molar-refractivity contribution in [3.05, 3.63) is 167 Å². The molecular weight excluding hydrogens is 705 g/mol. The van der Waals surface area contributed by atoms with Crippen molar-refractivity contribution >= 4 is 46.4 Å². The van der Waals surface area contributed by atoms with Crippen molar-refractivity contribution in [3.63, 3.8) is 0 Å². The molecule has 5 heterocycles. The molecule has 4 aromatic carbocycles. The molecule has 58 heavy (non-hydrogen) atoms. The lowest BCUT2D eigenvalue weighted by Gasteiger charge is -2.07. The first kappa shape index (κ1) is 36.3. The summed E-state index contributed by atoms with van der Waals surface area (Å²) < 4.78 is 0. The molecule has 3 aromatic heterocycles. The molecule has 2 aliphatic heterocycles. The van der Waals surface area contributed by atoms with E-state index in [0.717, 1.165) is 100 Å². The number of aromatic amines is 2. The Balaban J connectivity index is 1.58. The van der Waals surface area contributed by atoms with E-state index < -0.39 is 0 Å². The maximum atomic E-state index is 5.50. The van der Waals surface area contributed by atoms with Crippen molar-refractivity contribution < 1.29 is 0 Å². The average molecular weight is 747 g/mol. The zero-order valence-corrected chi connectivity index (χ0v) is 33.1. The molecule has 9 rings (SSSR count). The Labute approximate surface area is 340 Å². The molecule has 0 aliphatic carbocycles. The van der Waals surface area contributed by atoms with Gasteiger partial charge in [0.2, 0.25) is 0 Å². The van der Waals surface area contributed by atoms with E-state index in [1.54, 1.807) is 0 Å². The van der Waals surface area contributed by atoms with Gasteiger partial charge in [-0.3, -0.25) is 0 Å². The van der Waals surface area contributed by atoms with Gasteiger partial charge in [-0.1, -0.05) is 173 Å². The van der Waals surface area contributed by atoms with Crippen LogP contribution in [-0.4, -0.2) is 19.9 Å². The molecule has 4 heteroatoms. The van der Waals surface area contributed by atoms with Crippen molar-refractivity contribution in [1.29, 1.82) is 0 Å². The van der Waals surface area contributed by atoms with Gasteiger partial charge in [-0.05, 0) is 58.7 Å². The maximum Gasteiger partial charge on any atom is 0.0737 e. The van der Waals surface area contributed by atoms with Crippen LogP contribution in [0, 0.1) is 35.5 Å². The highest BCUT2D eigenvalue weighted by molar-refractivity contribution is 6.03. The molecule has 8 bridgehead atoms. The molecule has 0 saturated carbocycles. The van der Waals surface area contributed by atoms with Gasteiger partial charge in [0.1, 0.15) is 0 Å². The van der Waals surface area contributed by atoms with Crippen LogP contribution >= 0.6 is 0 Å². The molecule has 0 amide bonds. The molecule has 0 unspecified atom stereocenters. The van der Waals surface area contributed by atoms with Crippen molar-refractivity contribution in [3.8, 4) is 68.2 Å². The molecule has 4 nitrogen and oxygen atoms in total. The highest BCUT2D eigenvalue weighted by atomic mass is 14.8. The highest BCUT2D eigenvalue weighted by Crippen LogP contribution is 2.40. The van der Waals surface area contributed by atoms with E-state index in [0.29, 0.717) is 0 Å². The first-order valence-electron chi connectivity index (χ1n) is 19.9. The molecule has 2 aliphatic rings. The van der Waals surface area contributed by atoms with Gasteiger partial charge < -0.3 is 9.97 Å². The summed E-state index contributed by atoms with van der Waals surface area (Å²) in [5.74, 6) is 14.6. The molecule has 0 saturated heterocycles. The van der Waals surface area contributed by atoms with Crippen molar-refractivity contribution in [2.75, 3.05) is 0 Å². The van der Waals surface area contributed by atoms with Crippen LogP contribution in [0.3, 0.4) is 0 Å². The molecule has 2 N–H and O–H groups in total. The second kappa shape index (κ2) is 15.6.